The molecule has 160 valence electrons. The predicted octanol–water partition coefficient (Wildman–Crippen LogP) is 6.65. The van der Waals surface area contributed by atoms with Gasteiger partial charge in [-0.05, 0) is 90.5 Å². The van der Waals surface area contributed by atoms with Gasteiger partial charge >= 0.3 is 10.1 Å². The summed E-state index contributed by atoms with van der Waals surface area (Å²) in [7, 11) is -3.93. The fourth-order valence-electron chi connectivity index (χ4n) is 2.76. The number of ether oxygens (including phenoxy) is 1. The van der Waals surface area contributed by atoms with Gasteiger partial charge in [-0.3, -0.25) is 4.99 Å². The van der Waals surface area contributed by atoms with Crippen molar-refractivity contribution >= 4 is 33.6 Å². The molecule has 7 heteroatoms. The van der Waals surface area contributed by atoms with E-state index in [-0.39, 0.29) is 10.6 Å². The first-order valence-electron chi connectivity index (χ1n) is 9.65. The molecule has 0 atom stereocenters. The lowest BCUT2D eigenvalue weighted by atomic mass is 10.2. The summed E-state index contributed by atoms with van der Waals surface area (Å²) >= 11 is 5.80. The highest BCUT2D eigenvalue weighted by Crippen LogP contribution is 2.24. The summed E-state index contributed by atoms with van der Waals surface area (Å²) in [6.45, 7) is 0. The number of para-hydroxylation sites is 1. The molecule has 4 aromatic rings. The molecule has 5 nitrogen and oxygen atoms in total. The molecule has 0 aliphatic carbocycles. The summed E-state index contributed by atoms with van der Waals surface area (Å²) in [4.78, 5) is 4.47. The number of halogens is 1. The largest absolute Gasteiger partial charge is 0.457 e. The van der Waals surface area contributed by atoms with Gasteiger partial charge in [0.15, 0.2) is 0 Å². The monoisotopic (exact) mass is 463 g/mol. The predicted molar refractivity (Wildman–Crippen MR) is 126 cm³/mol. The molecule has 0 saturated carbocycles. The molecule has 0 fully saturated rings. The molecule has 0 spiro atoms. The summed E-state index contributed by atoms with van der Waals surface area (Å²) in [6, 6.07) is 29.3. The van der Waals surface area contributed by atoms with E-state index in [1.807, 2.05) is 54.6 Å². The maximum Gasteiger partial charge on any atom is 0.339 e. The van der Waals surface area contributed by atoms with E-state index in [0.717, 1.165) is 22.7 Å². The van der Waals surface area contributed by atoms with E-state index in [1.54, 1.807) is 30.5 Å². The summed E-state index contributed by atoms with van der Waals surface area (Å²) < 4.78 is 35.6. The molecule has 0 radical (unpaired) electrons. The third-order valence-corrected chi connectivity index (χ3v) is 5.88. The smallest absolute Gasteiger partial charge is 0.339 e. The van der Waals surface area contributed by atoms with Crippen LogP contribution in [0.3, 0.4) is 0 Å². The molecule has 0 N–H and O–H groups in total. The highest BCUT2D eigenvalue weighted by molar-refractivity contribution is 7.87. The third-order valence-electron chi connectivity index (χ3n) is 4.37. The van der Waals surface area contributed by atoms with E-state index >= 15 is 0 Å². The second-order valence-electron chi connectivity index (χ2n) is 6.73. The average Bonchev–Trinajstić information content (AvgIpc) is 2.80. The molecule has 4 aromatic carbocycles. The van der Waals surface area contributed by atoms with Crippen molar-refractivity contribution in [3.8, 4) is 17.2 Å². The standard InChI is InChI=1S/C25H18ClNO4S/c26-20-8-16-25(17-9-20)32(28,29)31-24-12-6-19(7-13-24)18-27-21-10-14-23(15-11-21)30-22-4-2-1-3-5-22/h1-18H. The normalized spacial score (nSPS) is 11.4. The van der Waals surface area contributed by atoms with Crippen LogP contribution in [0.15, 0.2) is 113 Å². The topological polar surface area (TPSA) is 65.0 Å². The van der Waals surface area contributed by atoms with Crippen LogP contribution >= 0.6 is 11.6 Å². The van der Waals surface area contributed by atoms with E-state index < -0.39 is 10.1 Å². The van der Waals surface area contributed by atoms with E-state index in [2.05, 4.69) is 4.99 Å². The number of rotatable bonds is 7. The molecule has 0 aliphatic rings. The summed E-state index contributed by atoms with van der Waals surface area (Å²) in [5, 5.41) is 0.450. The fraction of sp³-hybridized carbons (Fsp3) is 0. The molecule has 0 aliphatic heterocycles. The van der Waals surface area contributed by atoms with Crippen LogP contribution < -0.4 is 8.92 Å². The minimum atomic E-state index is -3.93. The molecular weight excluding hydrogens is 446 g/mol. The zero-order valence-electron chi connectivity index (χ0n) is 16.8. The lowest BCUT2D eigenvalue weighted by Gasteiger charge is -2.07. The molecule has 0 aromatic heterocycles. The summed E-state index contributed by atoms with van der Waals surface area (Å²) in [5.74, 6) is 1.70. The van der Waals surface area contributed by atoms with Gasteiger partial charge in [0.2, 0.25) is 0 Å². The Labute approximate surface area is 191 Å². The van der Waals surface area contributed by atoms with Crippen LogP contribution in [0.5, 0.6) is 17.2 Å². The van der Waals surface area contributed by atoms with Crippen molar-refractivity contribution in [2.45, 2.75) is 4.90 Å². The van der Waals surface area contributed by atoms with Gasteiger partial charge in [0.25, 0.3) is 0 Å². The van der Waals surface area contributed by atoms with Gasteiger partial charge < -0.3 is 8.92 Å². The Bertz CT molecular complexity index is 1300. The van der Waals surface area contributed by atoms with Gasteiger partial charge in [-0.2, -0.15) is 8.42 Å². The number of hydrogen-bond donors (Lipinski definition) is 0. The van der Waals surface area contributed by atoms with Gasteiger partial charge in [0, 0.05) is 11.2 Å². The van der Waals surface area contributed by atoms with Gasteiger partial charge in [-0.1, -0.05) is 29.8 Å². The minimum absolute atomic E-state index is 0.0345. The van der Waals surface area contributed by atoms with Crippen LogP contribution in [0.2, 0.25) is 5.02 Å². The number of aliphatic imine (C=N–C) groups is 1. The van der Waals surface area contributed by atoms with Gasteiger partial charge in [0.1, 0.15) is 22.1 Å². The van der Waals surface area contributed by atoms with Crippen LogP contribution in [0, 0.1) is 0 Å². The Hall–Kier alpha value is -3.61. The van der Waals surface area contributed by atoms with Gasteiger partial charge in [-0.15, -0.1) is 0 Å². The van der Waals surface area contributed by atoms with E-state index in [1.165, 1.54) is 24.3 Å². The van der Waals surface area contributed by atoms with Crippen LogP contribution in [-0.4, -0.2) is 14.6 Å². The molecular formula is C25H18ClNO4S. The van der Waals surface area contributed by atoms with Crippen molar-refractivity contribution in [1.29, 1.82) is 0 Å². The molecule has 4 rings (SSSR count). The Morgan fingerprint density at radius 1 is 0.688 bits per heavy atom. The first-order valence-corrected chi connectivity index (χ1v) is 11.4. The van der Waals surface area contributed by atoms with Crippen LogP contribution in [-0.2, 0) is 10.1 Å². The molecule has 0 heterocycles. The second kappa shape index (κ2) is 9.68. The third kappa shape index (κ3) is 5.75. The maximum absolute atomic E-state index is 12.3. The number of benzene rings is 4. The molecule has 0 amide bonds. The van der Waals surface area contributed by atoms with Gasteiger partial charge in [-0.25, -0.2) is 0 Å². The van der Waals surface area contributed by atoms with E-state index in [9.17, 15) is 8.42 Å². The first kappa shape index (κ1) is 21.6. The number of nitrogens with zero attached hydrogens (tertiary/aromatic N) is 1. The highest BCUT2D eigenvalue weighted by atomic mass is 35.5. The average molecular weight is 464 g/mol. The summed E-state index contributed by atoms with van der Waals surface area (Å²) in [5.41, 5.74) is 1.56. The van der Waals surface area contributed by atoms with Crippen molar-refractivity contribution < 1.29 is 17.3 Å². The molecule has 0 unspecified atom stereocenters. The van der Waals surface area contributed by atoms with Crippen LogP contribution in [0.25, 0.3) is 0 Å². The Morgan fingerprint density at radius 2 is 1.28 bits per heavy atom. The molecule has 32 heavy (non-hydrogen) atoms. The highest BCUT2D eigenvalue weighted by Gasteiger charge is 2.16. The van der Waals surface area contributed by atoms with Crippen molar-refractivity contribution in [3.05, 3.63) is 114 Å². The maximum atomic E-state index is 12.3. The van der Waals surface area contributed by atoms with Crippen LogP contribution in [0.1, 0.15) is 5.56 Å². The number of hydrogen-bond acceptors (Lipinski definition) is 5. The van der Waals surface area contributed by atoms with Crippen molar-refractivity contribution in [3.63, 3.8) is 0 Å². The molecule has 0 saturated heterocycles. The van der Waals surface area contributed by atoms with Crippen LogP contribution in [0.4, 0.5) is 5.69 Å². The first-order chi connectivity index (χ1) is 15.5. The summed E-state index contributed by atoms with van der Waals surface area (Å²) in [6.07, 6.45) is 1.69. The second-order valence-corrected chi connectivity index (χ2v) is 8.71. The fourth-order valence-corrected chi connectivity index (χ4v) is 3.82. The zero-order valence-corrected chi connectivity index (χ0v) is 18.3. The van der Waals surface area contributed by atoms with Crippen molar-refractivity contribution in [2.75, 3.05) is 0 Å². The lowest BCUT2D eigenvalue weighted by molar-refractivity contribution is 0.482. The zero-order chi connectivity index (χ0) is 22.4. The quantitative estimate of drug-likeness (QED) is 0.227. The van der Waals surface area contributed by atoms with E-state index in [4.69, 9.17) is 20.5 Å². The van der Waals surface area contributed by atoms with Gasteiger partial charge in [0.05, 0.1) is 5.69 Å². The molecule has 0 bridgehead atoms. The lowest BCUT2D eigenvalue weighted by Crippen LogP contribution is -2.09. The Kier molecular flexibility index (Phi) is 6.54. The van der Waals surface area contributed by atoms with Crippen molar-refractivity contribution in [2.24, 2.45) is 4.99 Å². The van der Waals surface area contributed by atoms with E-state index in [0.29, 0.717) is 5.02 Å². The van der Waals surface area contributed by atoms with Crippen molar-refractivity contribution in [1.82, 2.24) is 0 Å². The Morgan fingerprint density at radius 3 is 1.94 bits per heavy atom. The SMILES string of the molecule is O=S(=O)(Oc1ccc(C=Nc2ccc(Oc3ccccc3)cc2)cc1)c1ccc(Cl)cc1. The minimum Gasteiger partial charge on any atom is -0.457 e. The Balaban J connectivity index is 1.38.